The van der Waals surface area contributed by atoms with E-state index in [0.29, 0.717) is 9.37 Å². The number of methoxy groups -OCH3 is 1. The highest BCUT2D eigenvalue weighted by molar-refractivity contribution is 9.10. The van der Waals surface area contributed by atoms with E-state index in [9.17, 15) is 0 Å². The molecule has 0 bridgehead atoms. The lowest BCUT2D eigenvalue weighted by atomic mass is 10.2. The van der Waals surface area contributed by atoms with Gasteiger partial charge in [-0.2, -0.15) is 0 Å². The van der Waals surface area contributed by atoms with Gasteiger partial charge in [-0.05, 0) is 28.1 Å². The molecule has 3 nitrogen and oxygen atoms in total. The summed E-state index contributed by atoms with van der Waals surface area (Å²) in [5, 5.41) is 1.79. The van der Waals surface area contributed by atoms with E-state index < -0.39 is 26.0 Å². The second-order valence-corrected chi connectivity index (χ2v) is 3.61. The molecule has 1 saturated heterocycles. The minimum Gasteiger partial charge on any atom is -0.495 e. The molecule has 0 atom stereocenters. The number of halogens is 1. The van der Waals surface area contributed by atoms with Crippen molar-refractivity contribution in [1.82, 2.24) is 5.32 Å². The average molecular weight is 279 g/mol. The van der Waals surface area contributed by atoms with Crippen LogP contribution in [0.2, 0.25) is 0 Å². The fraction of sp³-hybridized carbons (Fsp3) is 0.455. The first-order valence-electron chi connectivity index (χ1n) is 8.21. The first-order chi connectivity index (χ1) is 10.3. The van der Waals surface area contributed by atoms with E-state index in [4.69, 9.17) is 15.7 Å². The Hall–Kier alpha value is -0.740. The van der Waals surface area contributed by atoms with Crippen LogP contribution in [0.3, 0.4) is 0 Å². The van der Waals surface area contributed by atoms with Gasteiger partial charge in [0.15, 0.2) is 0 Å². The zero-order valence-corrected chi connectivity index (χ0v) is 9.55. The normalized spacial score (nSPS) is 37.9. The van der Waals surface area contributed by atoms with Crippen LogP contribution in [-0.2, 0) is 0 Å². The molecule has 1 N–H and O–H groups in total. The zero-order valence-electron chi connectivity index (χ0n) is 16.0. The lowest BCUT2D eigenvalue weighted by Crippen LogP contribution is -2.43. The molecule has 0 spiro atoms. The fourth-order valence-corrected chi connectivity index (χ4v) is 1.55. The molecule has 1 fully saturated rings. The Balaban J connectivity index is 2.68. The Labute approximate surface area is 110 Å². The number of anilines is 1. The third-order valence-electron chi connectivity index (χ3n) is 1.85. The second kappa shape index (κ2) is 4.86. The average Bonchev–Trinajstić information content (AvgIpc) is 2.37. The minimum atomic E-state index is -2.86. The lowest BCUT2D eigenvalue weighted by molar-refractivity contribution is 0.412. The quantitative estimate of drug-likeness (QED) is 0.894. The van der Waals surface area contributed by atoms with E-state index in [2.05, 4.69) is 15.9 Å². The smallest absolute Gasteiger partial charge is 0.135 e. The summed E-state index contributed by atoms with van der Waals surface area (Å²) < 4.78 is 68.9. The third-order valence-corrected chi connectivity index (χ3v) is 2.51. The van der Waals surface area contributed by atoms with E-state index >= 15 is 0 Å². The standard InChI is InChI=1S/C11H15BrN2O/c1-15-11-8-9(2-3-10(11)12)14-6-4-13-5-7-14/h2-3,8,13H,4-7H2,1H3/i4D2,5D2,6D2,7D2. The van der Waals surface area contributed by atoms with Crippen LogP contribution in [0.25, 0.3) is 0 Å². The maximum Gasteiger partial charge on any atom is 0.135 e. The summed E-state index contributed by atoms with van der Waals surface area (Å²) in [7, 11) is 1.38. The van der Waals surface area contributed by atoms with E-state index in [1.54, 1.807) is 5.32 Å². The first kappa shape index (κ1) is 4.63. The maximum atomic E-state index is 8.03. The van der Waals surface area contributed by atoms with Crippen LogP contribution in [0.4, 0.5) is 5.69 Å². The SMILES string of the molecule is [2H]C1([2H])NC([2H])([2H])C([2H])([2H])N(c2ccc(Br)c(OC)c2)C1([2H])[2H]. The number of ether oxygens (including phenoxy) is 1. The molecule has 0 aliphatic carbocycles. The van der Waals surface area contributed by atoms with Gasteiger partial charge in [0.25, 0.3) is 0 Å². The van der Waals surface area contributed by atoms with Gasteiger partial charge in [0.1, 0.15) is 5.75 Å². The second-order valence-electron chi connectivity index (χ2n) is 2.75. The Morgan fingerprint density at radius 2 is 2.20 bits per heavy atom. The Bertz CT molecular complexity index is 598. The number of rotatable bonds is 2. The molecule has 4 heteroatoms. The molecule has 0 saturated carbocycles. The summed E-state index contributed by atoms with van der Waals surface area (Å²) >= 11 is 3.23. The van der Waals surface area contributed by atoms with Crippen molar-refractivity contribution in [3.63, 3.8) is 0 Å². The van der Waals surface area contributed by atoms with Gasteiger partial charge in [-0.15, -0.1) is 0 Å². The lowest BCUT2D eigenvalue weighted by Gasteiger charge is -2.29. The van der Waals surface area contributed by atoms with Gasteiger partial charge >= 0.3 is 0 Å². The van der Waals surface area contributed by atoms with Crippen molar-refractivity contribution < 1.29 is 15.7 Å². The molecular formula is C11H15BrN2O. The molecule has 0 radical (unpaired) electrons. The summed E-state index contributed by atoms with van der Waals surface area (Å²) in [6.45, 7) is -11.4. The van der Waals surface area contributed by atoms with Crippen LogP contribution in [0.1, 0.15) is 11.0 Å². The predicted octanol–water partition coefficient (Wildman–Crippen LogP) is 1.87. The van der Waals surface area contributed by atoms with Crippen molar-refractivity contribution in [2.45, 2.75) is 0 Å². The summed E-state index contributed by atoms with van der Waals surface area (Å²) in [4.78, 5) is 0.464. The number of nitrogens with one attached hydrogen (secondary N) is 1. The molecule has 1 aliphatic rings. The number of hydrogen-bond donors (Lipinski definition) is 1. The number of benzene rings is 1. The number of nitrogens with zero attached hydrogens (tertiary/aromatic N) is 1. The molecule has 1 aliphatic heterocycles. The largest absolute Gasteiger partial charge is 0.495 e. The zero-order chi connectivity index (χ0) is 17.8. The number of piperazine rings is 1. The van der Waals surface area contributed by atoms with Gasteiger partial charge < -0.3 is 15.0 Å². The Morgan fingerprint density at radius 1 is 1.47 bits per heavy atom. The topological polar surface area (TPSA) is 24.5 Å². The molecule has 0 amide bonds. The Morgan fingerprint density at radius 3 is 2.87 bits per heavy atom. The van der Waals surface area contributed by atoms with Gasteiger partial charge in [-0.3, -0.25) is 0 Å². The monoisotopic (exact) mass is 278 g/mol. The van der Waals surface area contributed by atoms with Crippen molar-refractivity contribution in [2.24, 2.45) is 0 Å². The molecule has 1 heterocycles. The maximum absolute atomic E-state index is 8.03. The minimum absolute atomic E-state index is 0.0469. The van der Waals surface area contributed by atoms with Crippen molar-refractivity contribution in [1.29, 1.82) is 0 Å². The highest BCUT2D eigenvalue weighted by Crippen LogP contribution is 2.29. The molecule has 0 unspecified atom stereocenters. The number of hydrogen-bond acceptors (Lipinski definition) is 3. The molecule has 2 rings (SSSR count). The predicted molar refractivity (Wildman–Crippen MR) is 65.8 cm³/mol. The van der Waals surface area contributed by atoms with E-state index in [1.165, 1.54) is 25.3 Å². The highest BCUT2D eigenvalue weighted by Gasteiger charge is 2.11. The van der Waals surface area contributed by atoms with Crippen LogP contribution in [0.15, 0.2) is 22.7 Å². The van der Waals surface area contributed by atoms with Crippen LogP contribution >= 0.6 is 15.9 Å². The summed E-state index contributed by atoms with van der Waals surface area (Å²) in [6, 6.07) is 4.17. The van der Waals surface area contributed by atoms with E-state index in [1.807, 2.05) is 0 Å². The van der Waals surface area contributed by atoms with Crippen molar-refractivity contribution >= 4 is 21.6 Å². The highest BCUT2D eigenvalue weighted by atomic mass is 79.9. The van der Waals surface area contributed by atoms with Crippen molar-refractivity contribution in [2.75, 3.05) is 38.0 Å². The third kappa shape index (κ3) is 2.44. The van der Waals surface area contributed by atoms with E-state index in [0.717, 1.165) is 0 Å². The van der Waals surface area contributed by atoms with Crippen LogP contribution in [0, 0.1) is 0 Å². The molecule has 0 aromatic heterocycles. The van der Waals surface area contributed by atoms with Crippen LogP contribution in [0.5, 0.6) is 5.75 Å². The first-order valence-corrected chi connectivity index (χ1v) is 5.00. The van der Waals surface area contributed by atoms with Crippen LogP contribution < -0.4 is 15.0 Å². The van der Waals surface area contributed by atoms with Crippen LogP contribution in [-0.4, -0.2) is 33.1 Å². The molecule has 1 aromatic carbocycles. The molecule has 15 heavy (non-hydrogen) atoms. The summed E-state index contributed by atoms with van der Waals surface area (Å²) in [6.07, 6.45) is 0. The van der Waals surface area contributed by atoms with Crippen molar-refractivity contribution in [3.8, 4) is 5.75 Å². The van der Waals surface area contributed by atoms with Gasteiger partial charge in [0.05, 0.1) is 17.1 Å². The van der Waals surface area contributed by atoms with Crippen molar-refractivity contribution in [3.05, 3.63) is 22.7 Å². The summed E-state index contributed by atoms with van der Waals surface area (Å²) in [5.41, 5.74) is -0.0469. The molecular weight excluding hydrogens is 256 g/mol. The van der Waals surface area contributed by atoms with Gasteiger partial charge in [0, 0.05) is 43.2 Å². The van der Waals surface area contributed by atoms with Gasteiger partial charge in [-0.25, -0.2) is 0 Å². The van der Waals surface area contributed by atoms with E-state index in [-0.39, 0.29) is 11.4 Å². The summed E-state index contributed by atoms with van der Waals surface area (Å²) in [5.74, 6) is 0.286. The van der Waals surface area contributed by atoms with Gasteiger partial charge in [0.2, 0.25) is 0 Å². The fourth-order valence-electron chi connectivity index (χ4n) is 1.14. The Kier molecular flexibility index (Phi) is 1.50. The molecule has 82 valence electrons. The van der Waals surface area contributed by atoms with Gasteiger partial charge in [-0.1, -0.05) is 0 Å². The molecule has 1 aromatic rings.